The van der Waals surface area contributed by atoms with Gasteiger partial charge in [-0.25, -0.2) is 0 Å². The van der Waals surface area contributed by atoms with E-state index in [1.807, 2.05) is 0 Å². The summed E-state index contributed by atoms with van der Waals surface area (Å²) < 4.78 is 10.3. The average molecular weight is 492 g/mol. The fourth-order valence-electron chi connectivity index (χ4n) is 2.17. The molecule has 3 amide bonds. The van der Waals surface area contributed by atoms with Crippen LogP contribution in [0.15, 0.2) is 0 Å². The molecular weight excluding hydrogens is 458 g/mol. The minimum atomic E-state index is -1.23. The summed E-state index contributed by atoms with van der Waals surface area (Å²) in [7, 11) is 0. The topological polar surface area (TPSA) is 177 Å². The van der Waals surface area contributed by atoms with Gasteiger partial charge in [0.2, 0.25) is 17.7 Å². The van der Waals surface area contributed by atoms with Crippen LogP contribution in [0.25, 0.3) is 0 Å². The summed E-state index contributed by atoms with van der Waals surface area (Å²) in [5, 5.41) is 15.8. The number of carbonyl (C=O) groups excluding carboxylic acids is 5. The minimum Gasteiger partial charge on any atom is -0.480 e. The lowest BCUT2D eigenvalue weighted by molar-refractivity contribution is -0.157. The van der Waals surface area contributed by atoms with E-state index in [1.54, 1.807) is 20.8 Å². The number of thioether (sulfide) groups is 1. The van der Waals surface area contributed by atoms with Crippen molar-refractivity contribution in [1.82, 2.24) is 16.0 Å². The normalized spacial score (nSPS) is 13.1. The molecule has 0 aromatic carbocycles. The van der Waals surface area contributed by atoms with Crippen molar-refractivity contribution >= 4 is 47.4 Å². The summed E-state index contributed by atoms with van der Waals surface area (Å²) in [6.45, 7) is 5.52. The second kappa shape index (κ2) is 16.8. The standard InChI is InChI=1S/C20H33N3O9S/c1-5-15(24)23-14(20(30)22-12(4)19(29)21-8-16(25)26)11-33-10-13(32-18(28)7-3)9-31-17(27)6-2/h12-14H,5-11H2,1-4H3,(H,21,29)(H,22,30)(H,23,24)(H,25,26)/t12-,13-,14-/m0/s1. The maximum atomic E-state index is 12.6. The molecule has 0 unspecified atom stereocenters. The number of hydrogen-bond acceptors (Lipinski definition) is 9. The molecule has 0 aromatic rings. The maximum absolute atomic E-state index is 12.6. The van der Waals surface area contributed by atoms with Crippen LogP contribution in [0.4, 0.5) is 0 Å². The number of amides is 3. The van der Waals surface area contributed by atoms with E-state index < -0.39 is 54.5 Å². The summed E-state index contributed by atoms with van der Waals surface area (Å²) >= 11 is 1.19. The molecule has 0 bridgehead atoms. The molecule has 0 aliphatic heterocycles. The van der Waals surface area contributed by atoms with Crippen LogP contribution in [-0.4, -0.2) is 83.6 Å². The van der Waals surface area contributed by atoms with E-state index in [0.29, 0.717) is 0 Å². The summed E-state index contributed by atoms with van der Waals surface area (Å²) in [4.78, 5) is 70.0. The molecule has 0 aliphatic carbocycles. The van der Waals surface area contributed by atoms with Crippen LogP contribution in [0.2, 0.25) is 0 Å². The molecule has 0 heterocycles. The highest BCUT2D eigenvalue weighted by molar-refractivity contribution is 7.99. The van der Waals surface area contributed by atoms with E-state index >= 15 is 0 Å². The van der Waals surface area contributed by atoms with Crippen molar-refractivity contribution in [2.75, 3.05) is 24.7 Å². The Morgan fingerprint density at radius 3 is 2.06 bits per heavy atom. The molecule has 188 valence electrons. The lowest BCUT2D eigenvalue weighted by Gasteiger charge is -2.22. The number of rotatable bonds is 16. The Balaban J connectivity index is 5.00. The molecule has 3 atom stereocenters. The molecule has 0 saturated carbocycles. The molecule has 0 saturated heterocycles. The van der Waals surface area contributed by atoms with Crippen molar-refractivity contribution < 1.29 is 43.3 Å². The van der Waals surface area contributed by atoms with Crippen molar-refractivity contribution in [3.05, 3.63) is 0 Å². The first-order chi connectivity index (χ1) is 15.5. The van der Waals surface area contributed by atoms with Gasteiger partial charge in [0.1, 0.15) is 31.3 Å². The van der Waals surface area contributed by atoms with Crippen LogP contribution in [0, 0.1) is 0 Å². The molecule has 0 spiro atoms. The van der Waals surface area contributed by atoms with Crippen molar-refractivity contribution in [2.45, 2.75) is 65.1 Å². The largest absolute Gasteiger partial charge is 0.480 e. The zero-order valence-electron chi connectivity index (χ0n) is 19.3. The third kappa shape index (κ3) is 14.0. The molecule has 0 aromatic heterocycles. The van der Waals surface area contributed by atoms with Crippen LogP contribution in [0.5, 0.6) is 0 Å². The van der Waals surface area contributed by atoms with Crippen LogP contribution >= 0.6 is 11.8 Å². The predicted octanol–water partition coefficient (Wildman–Crippen LogP) is -0.405. The highest BCUT2D eigenvalue weighted by Crippen LogP contribution is 2.11. The zero-order chi connectivity index (χ0) is 25.4. The van der Waals surface area contributed by atoms with Crippen LogP contribution < -0.4 is 16.0 Å². The van der Waals surface area contributed by atoms with Crippen molar-refractivity contribution in [2.24, 2.45) is 0 Å². The van der Waals surface area contributed by atoms with Crippen molar-refractivity contribution in [3.8, 4) is 0 Å². The number of hydrogen-bond donors (Lipinski definition) is 4. The van der Waals surface area contributed by atoms with Gasteiger partial charge in [0.25, 0.3) is 0 Å². The van der Waals surface area contributed by atoms with Gasteiger partial charge in [-0.3, -0.25) is 28.8 Å². The first-order valence-corrected chi connectivity index (χ1v) is 11.7. The van der Waals surface area contributed by atoms with E-state index in [2.05, 4.69) is 16.0 Å². The number of nitrogens with one attached hydrogen (secondary N) is 3. The van der Waals surface area contributed by atoms with E-state index in [9.17, 15) is 28.8 Å². The lowest BCUT2D eigenvalue weighted by Crippen LogP contribution is -2.54. The van der Waals surface area contributed by atoms with Crippen molar-refractivity contribution in [1.29, 1.82) is 0 Å². The lowest BCUT2D eigenvalue weighted by atomic mass is 10.2. The van der Waals surface area contributed by atoms with Gasteiger partial charge in [0, 0.05) is 30.8 Å². The molecular formula is C20H33N3O9S. The van der Waals surface area contributed by atoms with Gasteiger partial charge in [-0.05, 0) is 6.92 Å². The summed E-state index contributed by atoms with van der Waals surface area (Å²) in [5.74, 6) is -3.57. The van der Waals surface area contributed by atoms with Crippen molar-refractivity contribution in [3.63, 3.8) is 0 Å². The molecule has 0 rings (SSSR count). The Kier molecular flexibility index (Phi) is 15.3. The Hall–Kier alpha value is -2.83. The molecule has 0 fully saturated rings. The number of esters is 2. The van der Waals surface area contributed by atoms with Crippen LogP contribution in [0.1, 0.15) is 47.0 Å². The van der Waals surface area contributed by atoms with E-state index in [1.165, 1.54) is 18.7 Å². The Morgan fingerprint density at radius 2 is 1.52 bits per heavy atom. The number of ether oxygens (including phenoxy) is 2. The zero-order valence-corrected chi connectivity index (χ0v) is 20.1. The van der Waals surface area contributed by atoms with Gasteiger partial charge < -0.3 is 30.5 Å². The van der Waals surface area contributed by atoms with Crippen LogP contribution in [-0.2, 0) is 38.2 Å². The molecule has 0 aliphatic rings. The van der Waals surface area contributed by atoms with Gasteiger partial charge in [-0.15, -0.1) is 0 Å². The van der Waals surface area contributed by atoms with E-state index in [-0.39, 0.29) is 43.3 Å². The highest BCUT2D eigenvalue weighted by atomic mass is 32.2. The quantitative estimate of drug-likeness (QED) is 0.208. The number of aliphatic carboxylic acids is 1. The number of carbonyl (C=O) groups is 6. The maximum Gasteiger partial charge on any atom is 0.322 e. The second-order valence-corrected chi connectivity index (χ2v) is 7.93. The SMILES string of the molecule is CCC(=O)N[C@@H](CSC[C@H](COC(=O)CC)OC(=O)CC)C(=O)N[C@@H](C)C(=O)NCC(=O)O. The van der Waals surface area contributed by atoms with Gasteiger partial charge in [0.15, 0.2) is 0 Å². The molecule has 0 radical (unpaired) electrons. The Labute approximate surface area is 196 Å². The Morgan fingerprint density at radius 1 is 0.879 bits per heavy atom. The first-order valence-electron chi connectivity index (χ1n) is 10.6. The van der Waals surface area contributed by atoms with Gasteiger partial charge >= 0.3 is 17.9 Å². The highest BCUT2D eigenvalue weighted by Gasteiger charge is 2.25. The molecule has 33 heavy (non-hydrogen) atoms. The average Bonchev–Trinajstić information content (AvgIpc) is 2.78. The fraction of sp³-hybridized carbons (Fsp3) is 0.700. The minimum absolute atomic E-state index is 0.0862. The number of carboxylic acid groups (broad SMARTS) is 1. The first kappa shape index (κ1) is 30.2. The molecule has 12 nitrogen and oxygen atoms in total. The van der Waals surface area contributed by atoms with Gasteiger partial charge in [-0.2, -0.15) is 11.8 Å². The summed E-state index contributed by atoms with van der Waals surface area (Å²) in [5.41, 5.74) is 0. The van der Waals surface area contributed by atoms with Gasteiger partial charge in [0.05, 0.1) is 0 Å². The smallest absolute Gasteiger partial charge is 0.322 e. The summed E-state index contributed by atoms with van der Waals surface area (Å²) in [6.07, 6.45) is -0.288. The fourth-order valence-corrected chi connectivity index (χ4v) is 3.20. The second-order valence-electron chi connectivity index (χ2n) is 6.85. The van der Waals surface area contributed by atoms with Gasteiger partial charge in [-0.1, -0.05) is 20.8 Å². The molecule has 4 N–H and O–H groups in total. The third-order valence-electron chi connectivity index (χ3n) is 4.03. The number of carboxylic acids is 1. The van der Waals surface area contributed by atoms with E-state index in [4.69, 9.17) is 14.6 Å². The molecule has 13 heteroatoms. The van der Waals surface area contributed by atoms with Crippen LogP contribution in [0.3, 0.4) is 0 Å². The third-order valence-corrected chi connectivity index (χ3v) is 5.21. The summed E-state index contributed by atoms with van der Waals surface area (Å²) in [6, 6.07) is -2.03. The Bertz CT molecular complexity index is 702. The monoisotopic (exact) mass is 491 g/mol. The van der Waals surface area contributed by atoms with E-state index in [0.717, 1.165) is 0 Å². The predicted molar refractivity (Wildman–Crippen MR) is 119 cm³/mol.